The minimum atomic E-state index is -1.10. The molecule has 0 spiro atoms. The van der Waals surface area contributed by atoms with Gasteiger partial charge in [-0.1, -0.05) is 30.3 Å². The van der Waals surface area contributed by atoms with E-state index in [1.165, 1.54) is 13.2 Å². The number of halogens is 1. The number of piperazine rings is 1. The van der Waals surface area contributed by atoms with Crippen molar-refractivity contribution in [2.45, 2.75) is 69.4 Å². The monoisotopic (exact) mass is 843 g/mol. The number of nitrogens with zero attached hydrogens (tertiary/aromatic N) is 6. The van der Waals surface area contributed by atoms with Crippen molar-refractivity contribution in [1.29, 1.82) is 0 Å². The Kier molecular flexibility index (Phi) is 10.1. The maximum atomic E-state index is 15.6. The van der Waals surface area contributed by atoms with Gasteiger partial charge in [-0.3, -0.25) is 49.0 Å². The van der Waals surface area contributed by atoms with Crippen molar-refractivity contribution in [3.8, 4) is 0 Å². The van der Waals surface area contributed by atoms with E-state index in [0.29, 0.717) is 43.5 Å². The Hall–Kier alpha value is -6.46. The third-order valence-electron chi connectivity index (χ3n) is 13.5. The minimum absolute atomic E-state index is 0.0151. The first kappa shape index (κ1) is 39.7. The summed E-state index contributed by atoms with van der Waals surface area (Å²) in [5.41, 5.74) is 4.19. The zero-order valence-corrected chi connectivity index (χ0v) is 34.1. The molecule has 17 heteroatoms. The lowest BCUT2D eigenvalue weighted by Gasteiger charge is -2.58. The van der Waals surface area contributed by atoms with Crippen LogP contribution in [0.2, 0.25) is 0 Å². The summed E-state index contributed by atoms with van der Waals surface area (Å²) in [4.78, 5) is 86.8. The Morgan fingerprint density at radius 2 is 1.61 bits per heavy atom. The van der Waals surface area contributed by atoms with Crippen molar-refractivity contribution in [3.63, 3.8) is 0 Å². The number of benzene rings is 3. The Labute approximate surface area is 356 Å². The second-order valence-corrected chi connectivity index (χ2v) is 17.1. The summed E-state index contributed by atoms with van der Waals surface area (Å²) >= 11 is 0. The average Bonchev–Trinajstić information content (AvgIpc) is 3.95. The van der Waals surface area contributed by atoms with Crippen molar-refractivity contribution in [2.24, 2.45) is 5.92 Å². The van der Waals surface area contributed by atoms with Crippen LogP contribution >= 0.6 is 0 Å². The number of aromatic nitrogens is 2. The molecule has 2 bridgehead atoms. The van der Waals surface area contributed by atoms with Gasteiger partial charge in [-0.25, -0.2) is 4.39 Å². The van der Waals surface area contributed by atoms with Crippen LogP contribution < -0.4 is 20.4 Å². The van der Waals surface area contributed by atoms with Crippen LogP contribution in [0.3, 0.4) is 0 Å². The quantitative estimate of drug-likeness (QED) is 0.199. The highest BCUT2D eigenvalue weighted by atomic mass is 19.1. The number of H-pyrrole nitrogens is 1. The molecule has 5 fully saturated rings. The first-order valence-corrected chi connectivity index (χ1v) is 21.2. The second kappa shape index (κ2) is 15.8. The number of aromatic amines is 1. The lowest BCUT2D eigenvalue weighted by Crippen LogP contribution is -2.69. The number of rotatable bonds is 10. The molecule has 4 unspecified atom stereocenters. The number of carbonyl (C=O) groups excluding carboxylic acids is 6. The Morgan fingerprint density at radius 3 is 2.31 bits per heavy atom. The van der Waals surface area contributed by atoms with Gasteiger partial charge in [-0.2, -0.15) is 5.10 Å². The topological polar surface area (TPSA) is 181 Å². The molecule has 62 heavy (non-hydrogen) atoms. The van der Waals surface area contributed by atoms with Crippen molar-refractivity contribution >= 4 is 52.6 Å². The van der Waals surface area contributed by atoms with Crippen LogP contribution in [0.1, 0.15) is 86.1 Å². The van der Waals surface area contributed by atoms with Gasteiger partial charge in [-0.15, -0.1) is 0 Å². The molecule has 7 aliphatic heterocycles. The van der Waals surface area contributed by atoms with Crippen LogP contribution in [0, 0.1) is 11.7 Å². The molecule has 0 aliphatic carbocycles. The van der Waals surface area contributed by atoms with Gasteiger partial charge >= 0.3 is 0 Å². The number of piperidine rings is 3. The van der Waals surface area contributed by atoms with Crippen molar-refractivity contribution < 1.29 is 37.9 Å². The molecule has 11 rings (SSSR count). The number of anilines is 3. The summed E-state index contributed by atoms with van der Waals surface area (Å²) in [6, 6.07) is 18.9. The zero-order valence-electron chi connectivity index (χ0n) is 34.1. The van der Waals surface area contributed by atoms with E-state index < -0.39 is 41.6 Å². The molecule has 3 N–H and O–H groups in total. The maximum Gasteiger partial charge on any atom is 0.262 e. The smallest absolute Gasteiger partial charge is 0.262 e. The fourth-order valence-corrected chi connectivity index (χ4v) is 10.2. The fraction of sp³-hybridized carbons (Fsp3) is 0.400. The molecule has 0 saturated carbocycles. The highest BCUT2D eigenvalue weighted by molar-refractivity contribution is 6.23. The van der Waals surface area contributed by atoms with Crippen LogP contribution in [0.5, 0.6) is 0 Å². The zero-order chi connectivity index (χ0) is 42.8. The number of hydrogen-bond donors (Lipinski definition) is 3. The van der Waals surface area contributed by atoms with Crippen LogP contribution in [0.25, 0.3) is 0 Å². The number of imide groups is 2. The number of ether oxygens (including phenoxy) is 1. The number of hydrogen-bond acceptors (Lipinski definition) is 11. The van der Waals surface area contributed by atoms with E-state index in [0.717, 1.165) is 72.4 Å². The molecule has 6 amide bonds. The minimum Gasteiger partial charge on any atom is -0.372 e. The molecule has 0 radical (unpaired) electrons. The van der Waals surface area contributed by atoms with Gasteiger partial charge < -0.3 is 24.8 Å². The van der Waals surface area contributed by atoms with Crippen LogP contribution in [0.4, 0.5) is 21.6 Å². The molecule has 1 aromatic heterocycles. The summed E-state index contributed by atoms with van der Waals surface area (Å²) < 4.78 is 21.2. The molecule has 8 heterocycles. The van der Waals surface area contributed by atoms with Gasteiger partial charge in [0.05, 0.1) is 35.6 Å². The van der Waals surface area contributed by atoms with Crippen molar-refractivity contribution in [2.75, 3.05) is 55.0 Å². The third kappa shape index (κ3) is 6.98. The maximum absolute atomic E-state index is 15.6. The standard InChI is InChI=1S/C45H46FN9O7/c1-62-39(26-5-3-2-4-6-26)45(61)53-23-33-35(24-53)49-50-40(33)48-41(57)27-7-9-28(10-8-27)51-15-13-25(14-16-51)20-54-29-17-30(54)22-52(21-29)37-19-32-31(18-34(37)46)43(59)55(44(32)60)36-11-12-38(56)47-42(36)58/h2-10,18-19,25,29-30,36,39H,11-17,20-24H2,1H3,(H,47,56,58)(H2,48,49,50,57). The molecule has 4 aromatic rings. The molecule has 5 saturated heterocycles. The van der Waals surface area contributed by atoms with Gasteiger partial charge in [0.1, 0.15) is 11.9 Å². The molecular formula is C45H46FN9O7. The van der Waals surface area contributed by atoms with Crippen LogP contribution in [0.15, 0.2) is 66.7 Å². The summed E-state index contributed by atoms with van der Waals surface area (Å²) in [5.74, 6) is -2.63. The third-order valence-corrected chi connectivity index (χ3v) is 13.5. The van der Waals surface area contributed by atoms with Crippen LogP contribution in [-0.4, -0.2) is 118 Å². The van der Waals surface area contributed by atoms with Gasteiger partial charge in [-0.05, 0) is 73.6 Å². The lowest BCUT2D eigenvalue weighted by molar-refractivity contribution is -0.143. The predicted octanol–water partition coefficient (Wildman–Crippen LogP) is 3.61. The van der Waals surface area contributed by atoms with E-state index >= 15 is 4.39 Å². The lowest BCUT2D eigenvalue weighted by atomic mass is 9.84. The number of methoxy groups -OCH3 is 1. The molecule has 4 atom stereocenters. The molecular weight excluding hydrogens is 798 g/mol. The Balaban J connectivity index is 0.701. The first-order chi connectivity index (χ1) is 30.0. The van der Waals surface area contributed by atoms with Crippen LogP contribution in [-0.2, 0) is 32.2 Å². The Morgan fingerprint density at radius 1 is 0.903 bits per heavy atom. The number of nitrogens with one attached hydrogen (secondary N) is 3. The van der Waals surface area contributed by atoms with Gasteiger partial charge in [0.2, 0.25) is 11.8 Å². The number of amides is 6. The summed E-state index contributed by atoms with van der Waals surface area (Å²) in [6.07, 6.45) is 2.38. The highest BCUT2D eigenvalue weighted by Gasteiger charge is 2.48. The van der Waals surface area contributed by atoms with E-state index in [9.17, 15) is 28.8 Å². The average molecular weight is 844 g/mol. The molecule has 7 aliphatic rings. The SMILES string of the molecule is COC(C(=O)N1Cc2[nH]nc(NC(=O)c3ccc(N4CCC(CN5C6CC5CN(c5cc7c(cc5F)C(=O)N(C5CCC(=O)NC5=O)C7=O)C6)CC4)cc3)c2C1)c1ccccc1. The van der Waals surface area contributed by atoms with E-state index in [-0.39, 0.29) is 53.6 Å². The predicted molar refractivity (Wildman–Crippen MR) is 223 cm³/mol. The van der Waals surface area contributed by atoms with Gasteiger partial charge in [0.15, 0.2) is 11.9 Å². The normalized spacial score (nSPS) is 23.0. The van der Waals surface area contributed by atoms with Gasteiger partial charge in [0.25, 0.3) is 23.6 Å². The second-order valence-electron chi connectivity index (χ2n) is 17.1. The van der Waals surface area contributed by atoms with Crippen molar-refractivity contribution in [3.05, 3.63) is 106 Å². The van der Waals surface area contributed by atoms with E-state index in [2.05, 4.69) is 30.6 Å². The summed E-state index contributed by atoms with van der Waals surface area (Å²) in [5, 5.41) is 12.4. The number of carbonyl (C=O) groups is 6. The van der Waals surface area contributed by atoms with E-state index in [4.69, 9.17) is 4.74 Å². The Bertz CT molecular complexity index is 2480. The molecule has 16 nitrogen and oxygen atoms in total. The summed E-state index contributed by atoms with van der Waals surface area (Å²) in [6.45, 7) is 4.59. The van der Waals surface area contributed by atoms with Crippen molar-refractivity contribution in [1.82, 2.24) is 30.2 Å². The highest BCUT2D eigenvalue weighted by Crippen LogP contribution is 2.40. The number of fused-ring (bicyclic) bond motifs is 4. The largest absolute Gasteiger partial charge is 0.372 e. The fourth-order valence-electron chi connectivity index (χ4n) is 10.2. The summed E-state index contributed by atoms with van der Waals surface area (Å²) in [7, 11) is 1.52. The molecule has 320 valence electrons. The van der Waals surface area contributed by atoms with E-state index in [1.54, 1.807) is 4.90 Å². The first-order valence-electron chi connectivity index (χ1n) is 21.2. The van der Waals surface area contributed by atoms with E-state index in [1.807, 2.05) is 59.5 Å². The molecule has 3 aromatic carbocycles. The van der Waals surface area contributed by atoms with Gasteiger partial charge in [0, 0.05) is 75.2 Å².